The third kappa shape index (κ3) is 2.49. The van der Waals surface area contributed by atoms with E-state index >= 15 is 0 Å². The predicted molar refractivity (Wildman–Crippen MR) is 85.3 cm³/mol. The van der Waals surface area contributed by atoms with Crippen molar-refractivity contribution in [1.82, 2.24) is 10.5 Å². The number of hydrogen-bond acceptors (Lipinski definition) is 7. The molecule has 118 valence electrons. The molecule has 1 heterocycles. The highest BCUT2D eigenvalue weighted by Crippen LogP contribution is 2.27. The molecular formula is C14H18N4O3S. The standard InChI is InChI=1S/C14H18N4O3S/c1-9(16-21-3)14(17-20)12(15-18(2)13(14)19)10-5-7-11(22-4)8-6-10/h5-8,17,20H,1-4H3/b16-9+. The number of oxime groups is 1. The van der Waals surface area contributed by atoms with Crippen LogP contribution in [0.3, 0.4) is 0 Å². The van der Waals surface area contributed by atoms with Gasteiger partial charge in [0.15, 0.2) is 0 Å². The molecule has 22 heavy (non-hydrogen) atoms. The van der Waals surface area contributed by atoms with Crippen LogP contribution in [-0.4, -0.2) is 53.5 Å². The van der Waals surface area contributed by atoms with Crippen LogP contribution < -0.4 is 5.48 Å². The van der Waals surface area contributed by atoms with Crippen molar-refractivity contribution in [3.63, 3.8) is 0 Å². The van der Waals surface area contributed by atoms with E-state index in [4.69, 9.17) is 4.84 Å². The van der Waals surface area contributed by atoms with Crippen LogP contribution in [0.5, 0.6) is 0 Å². The number of carbonyl (C=O) groups is 1. The lowest BCUT2D eigenvalue weighted by molar-refractivity contribution is -0.133. The van der Waals surface area contributed by atoms with Gasteiger partial charge in [0.1, 0.15) is 12.8 Å². The van der Waals surface area contributed by atoms with Gasteiger partial charge in [-0.15, -0.1) is 11.8 Å². The maximum absolute atomic E-state index is 12.5. The monoisotopic (exact) mass is 322 g/mol. The number of amides is 1. The Hall–Kier alpha value is -1.90. The van der Waals surface area contributed by atoms with Crippen LogP contribution in [0.2, 0.25) is 0 Å². The molecule has 2 N–H and O–H groups in total. The molecule has 0 saturated carbocycles. The average Bonchev–Trinajstić information content (AvgIpc) is 2.80. The molecule has 0 aromatic heterocycles. The van der Waals surface area contributed by atoms with Crippen LogP contribution >= 0.6 is 11.8 Å². The molecule has 1 aliphatic heterocycles. The molecule has 7 nitrogen and oxygen atoms in total. The molecule has 0 spiro atoms. The molecule has 0 radical (unpaired) electrons. The van der Waals surface area contributed by atoms with Gasteiger partial charge in [0.25, 0.3) is 5.91 Å². The van der Waals surface area contributed by atoms with Crippen LogP contribution in [-0.2, 0) is 9.63 Å². The normalized spacial score (nSPS) is 22.0. The first-order chi connectivity index (χ1) is 10.5. The second-order valence-corrected chi connectivity index (χ2v) is 5.61. The molecule has 1 amide bonds. The largest absolute Gasteiger partial charge is 0.399 e. The first-order valence-corrected chi connectivity index (χ1v) is 7.75. The van der Waals surface area contributed by atoms with E-state index in [1.165, 1.54) is 19.2 Å². The van der Waals surface area contributed by atoms with Crippen molar-refractivity contribution in [1.29, 1.82) is 0 Å². The third-order valence-corrected chi connectivity index (χ3v) is 4.27. The number of nitrogens with one attached hydrogen (secondary N) is 1. The number of carbonyl (C=O) groups excluding carboxylic acids is 1. The molecule has 0 bridgehead atoms. The van der Waals surface area contributed by atoms with Crippen molar-refractivity contribution in [2.45, 2.75) is 17.4 Å². The summed E-state index contributed by atoms with van der Waals surface area (Å²) in [6.07, 6.45) is 1.98. The van der Waals surface area contributed by atoms with Gasteiger partial charge in [-0.25, -0.2) is 5.01 Å². The van der Waals surface area contributed by atoms with Gasteiger partial charge in [0.2, 0.25) is 5.54 Å². The zero-order chi connectivity index (χ0) is 16.3. The number of benzene rings is 1. The van der Waals surface area contributed by atoms with Gasteiger partial charge >= 0.3 is 0 Å². The lowest BCUT2D eigenvalue weighted by Gasteiger charge is -2.26. The van der Waals surface area contributed by atoms with Crippen molar-refractivity contribution in [3.05, 3.63) is 29.8 Å². The lowest BCUT2D eigenvalue weighted by Crippen LogP contribution is -2.61. The smallest absolute Gasteiger partial charge is 0.277 e. The molecule has 1 unspecified atom stereocenters. The van der Waals surface area contributed by atoms with Gasteiger partial charge in [-0.1, -0.05) is 17.3 Å². The number of rotatable bonds is 5. The van der Waals surface area contributed by atoms with Gasteiger partial charge in [-0.3, -0.25) is 4.79 Å². The Balaban J connectivity index is 2.57. The van der Waals surface area contributed by atoms with Crippen LogP contribution in [0.25, 0.3) is 0 Å². The molecule has 0 saturated heterocycles. The summed E-state index contributed by atoms with van der Waals surface area (Å²) in [5, 5.41) is 19.0. The number of thioether (sulfide) groups is 1. The summed E-state index contributed by atoms with van der Waals surface area (Å²) in [6, 6.07) is 7.55. The molecule has 0 fully saturated rings. The zero-order valence-corrected chi connectivity index (χ0v) is 13.6. The summed E-state index contributed by atoms with van der Waals surface area (Å²) in [6.45, 7) is 1.59. The summed E-state index contributed by atoms with van der Waals surface area (Å²) >= 11 is 1.62. The second-order valence-electron chi connectivity index (χ2n) is 4.73. The van der Waals surface area contributed by atoms with Gasteiger partial charge in [0, 0.05) is 17.5 Å². The summed E-state index contributed by atoms with van der Waals surface area (Å²) < 4.78 is 0. The van der Waals surface area contributed by atoms with E-state index in [2.05, 4.69) is 15.7 Å². The SMILES string of the molecule is CO/N=C(\C)C1(NO)C(=O)N(C)N=C1c1ccc(SC)cc1. The molecular weight excluding hydrogens is 304 g/mol. The molecule has 1 atom stereocenters. The second kappa shape index (κ2) is 6.47. The summed E-state index contributed by atoms with van der Waals surface area (Å²) in [7, 11) is 2.90. The molecule has 2 rings (SSSR count). The van der Waals surface area contributed by atoms with E-state index in [0.29, 0.717) is 11.3 Å². The van der Waals surface area contributed by atoms with Gasteiger partial charge in [-0.2, -0.15) is 10.6 Å². The van der Waals surface area contributed by atoms with Crippen LogP contribution in [0.4, 0.5) is 0 Å². The Morgan fingerprint density at radius 2 is 2.09 bits per heavy atom. The molecule has 1 aromatic carbocycles. The maximum Gasteiger partial charge on any atom is 0.277 e. The van der Waals surface area contributed by atoms with Crippen molar-refractivity contribution in [3.8, 4) is 0 Å². The maximum atomic E-state index is 12.5. The van der Waals surface area contributed by atoms with Crippen molar-refractivity contribution in [2.75, 3.05) is 20.4 Å². The number of hydrazone groups is 1. The Labute approximate surface area is 133 Å². The van der Waals surface area contributed by atoms with E-state index in [1.54, 1.807) is 18.7 Å². The Morgan fingerprint density at radius 3 is 2.59 bits per heavy atom. The minimum Gasteiger partial charge on any atom is -0.399 e. The van der Waals surface area contributed by atoms with Crippen molar-refractivity contribution < 1.29 is 14.8 Å². The first kappa shape index (κ1) is 16.5. The zero-order valence-electron chi connectivity index (χ0n) is 12.8. The highest BCUT2D eigenvalue weighted by atomic mass is 32.2. The minimum atomic E-state index is -1.55. The van der Waals surface area contributed by atoms with E-state index in [0.717, 1.165) is 4.90 Å². The molecule has 1 aromatic rings. The lowest BCUT2D eigenvalue weighted by atomic mass is 9.85. The van der Waals surface area contributed by atoms with E-state index in [1.807, 2.05) is 30.5 Å². The third-order valence-electron chi connectivity index (χ3n) is 3.52. The number of likely N-dealkylation sites (N-methyl/N-ethyl adjacent to an activating group) is 1. The molecule has 8 heteroatoms. The van der Waals surface area contributed by atoms with Gasteiger partial charge in [0.05, 0.1) is 5.71 Å². The van der Waals surface area contributed by atoms with Crippen molar-refractivity contribution >= 4 is 29.1 Å². The van der Waals surface area contributed by atoms with E-state index in [-0.39, 0.29) is 5.71 Å². The fourth-order valence-electron chi connectivity index (χ4n) is 2.35. The average molecular weight is 322 g/mol. The van der Waals surface area contributed by atoms with Crippen molar-refractivity contribution in [2.24, 2.45) is 10.3 Å². The summed E-state index contributed by atoms with van der Waals surface area (Å²) in [4.78, 5) is 18.4. The minimum absolute atomic E-state index is 0.263. The van der Waals surface area contributed by atoms with E-state index < -0.39 is 11.4 Å². The van der Waals surface area contributed by atoms with Gasteiger partial charge in [-0.05, 0) is 25.3 Å². The predicted octanol–water partition coefficient (Wildman–Crippen LogP) is 1.32. The molecule has 1 aliphatic rings. The Bertz CT molecular complexity index is 629. The van der Waals surface area contributed by atoms with Crippen LogP contribution in [0.15, 0.2) is 39.4 Å². The summed E-state index contributed by atoms with van der Waals surface area (Å²) in [5.74, 6) is -0.433. The Kier molecular flexibility index (Phi) is 4.84. The topological polar surface area (TPSA) is 86.5 Å². The van der Waals surface area contributed by atoms with Gasteiger partial charge < -0.3 is 10.0 Å². The number of nitrogens with zero attached hydrogens (tertiary/aromatic N) is 3. The van der Waals surface area contributed by atoms with Crippen LogP contribution in [0.1, 0.15) is 12.5 Å². The molecule has 0 aliphatic carbocycles. The number of hydroxylamine groups is 1. The quantitative estimate of drug-likeness (QED) is 0.485. The van der Waals surface area contributed by atoms with Crippen LogP contribution in [0, 0.1) is 0 Å². The van der Waals surface area contributed by atoms with E-state index in [9.17, 15) is 10.0 Å². The fourth-order valence-corrected chi connectivity index (χ4v) is 2.76. The fraction of sp³-hybridized carbons (Fsp3) is 0.357. The summed E-state index contributed by atoms with van der Waals surface area (Å²) in [5.41, 5.74) is 1.87. The highest BCUT2D eigenvalue weighted by Gasteiger charge is 2.53. The Morgan fingerprint density at radius 1 is 1.45 bits per heavy atom. The first-order valence-electron chi connectivity index (χ1n) is 6.52. The highest BCUT2D eigenvalue weighted by molar-refractivity contribution is 7.98. The number of hydrogen-bond donors (Lipinski definition) is 2.